The number of ether oxygens (including phenoxy) is 1. The third-order valence-corrected chi connectivity index (χ3v) is 3.58. The Hall–Kier alpha value is -1.33. The highest BCUT2D eigenvalue weighted by Gasteiger charge is 2.14. The van der Waals surface area contributed by atoms with Gasteiger partial charge >= 0.3 is 6.03 Å². The highest BCUT2D eigenvalue weighted by atomic mass is 35.5. The summed E-state index contributed by atoms with van der Waals surface area (Å²) < 4.78 is 19.0. The first kappa shape index (κ1) is 15.1. The van der Waals surface area contributed by atoms with Crippen LogP contribution in [0.1, 0.15) is 19.3 Å². The standard InChI is InChI=1S/C14H18ClFN2O2/c15-11-4-1-5-12(13(11)16)18-14(19)17-7-6-10-3-2-8-20-9-10/h1,4-5,10H,2-3,6-9H2,(H2,17,18,19)/t10-/m1/s1. The number of hydrogen-bond donors (Lipinski definition) is 2. The van der Waals surface area contributed by atoms with Crippen LogP contribution in [0.25, 0.3) is 0 Å². The molecule has 110 valence electrons. The highest BCUT2D eigenvalue weighted by molar-refractivity contribution is 6.31. The Morgan fingerprint density at radius 2 is 2.35 bits per heavy atom. The Morgan fingerprint density at radius 3 is 3.10 bits per heavy atom. The van der Waals surface area contributed by atoms with Gasteiger partial charge in [-0.2, -0.15) is 0 Å². The Morgan fingerprint density at radius 1 is 1.50 bits per heavy atom. The lowest BCUT2D eigenvalue weighted by molar-refractivity contribution is 0.0520. The van der Waals surface area contributed by atoms with Gasteiger partial charge in [0.2, 0.25) is 0 Å². The first-order chi connectivity index (χ1) is 9.66. The molecule has 1 saturated heterocycles. The minimum Gasteiger partial charge on any atom is -0.381 e. The van der Waals surface area contributed by atoms with E-state index in [1.165, 1.54) is 12.1 Å². The van der Waals surface area contributed by atoms with Crippen LogP contribution >= 0.6 is 11.6 Å². The molecule has 4 nitrogen and oxygen atoms in total. The van der Waals surface area contributed by atoms with Crippen LogP contribution in [0.4, 0.5) is 14.9 Å². The molecule has 0 spiro atoms. The van der Waals surface area contributed by atoms with Crippen LogP contribution in [-0.2, 0) is 4.74 Å². The van der Waals surface area contributed by atoms with Crippen molar-refractivity contribution in [2.45, 2.75) is 19.3 Å². The van der Waals surface area contributed by atoms with Gasteiger partial charge in [0.1, 0.15) is 0 Å². The first-order valence-corrected chi connectivity index (χ1v) is 7.11. The fraction of sp³-hybridized carbons (Fsp3) is 0.500. The summed E-state index contributed by atoms with van der Waals surface area (Å²) in [7, 11) is 0. The molecule has 1 aliphatic heterocycles. The van der Waals surface area contributed by atoms with Crippen LogP contribution in [0.2, 0.25) is 5.02 Å². The molecule has 20 heavy (non-hydrogen) atoms. The molecule has 2 N–H and O–H groups in total. The van der Waals surface area contributed by atoms with Gasteiger partial charge in [0.25, 0.3) is 0 Å². The van der Waals surface area contributed by atoms with E-state index in [1.807, 2.05) is 0 Å². The normalized spacial score (nSPS) is 18.6. The number of amides is 2. The molecular formula is C14H18ClFN2O2. The second-order valence-electron chi connectivity index (χ2n) is 4.85. The maximum atomic E-state index is 13.6. The van der Waals surface area contributed by atoms with Crippen LogP contribution in [0.15, 0.2) is 18.2 Å². The second-order valence-corrected chi connectivity index (χ2v) is 5.26. The summed E-state index contributed by atoms with van der Waals surface area (Å²) in [5, 5.41) is 5.15. The lowest BCUT2D eigenvalue weighted by Gasteiger charge is -2.21. The Bertz CT molecular complexity index is 464. The summed E-state index contributed by atoms with van der Waals surface area (Å²) in [5.74, 6) is -0.128. The summed E-state index contributed by atoms with van der Waals surface area (Å²) in [6.07, 6.45) is 3.07. The lowest BCUT2D eigenvalue weighted by atomic mass is 9.99. The van der Waals surface area contributed by atoms with Crippen molar-refractivity contribution in [1.82, 2.24) is 5.32 Å². The molecule has 0 radical (unpaired) electrons. The van der Waals surface area contributed by atoms with Crippen molar-refractivity contribution in [2.75, 3.05) is 25.1 Å². The van der Waals surface area contributed by atoms with Crippen molar-refractivity contribution in [1.29, 1.82) is 0 Å². The zero-order valence-corrected chi connectivity index (χ0v) is 11.9. The smallest absolute Gasteiger partial charge is 0.319 e. The third kappa shape index (κ3) is 4.35. The predicted octanol–water partition coefficient (Wildman–Crippen LogP) is 3.42. The molecule has 1 aromatic rings. The molecule has 1 heterocycles. The number of halogens is 2. The molecule has 0 saturated carbocycles. The topological polar surface area (TPSA) is 50.4 Å². The third-order valence-electron chi connectivity index (χ3n) is 3.29. The molecule has 0 unspecified atom stereocenters. The predicted molar refractivity (Wildman–Crippen MR) is 76.6 cm³/mol. The maximum absolute atomic E-state index is 13.6. The zero-order valence-electron chi connectivity index (χ0n) is 11.1. The fourth-order valence-corrected chi connectivity index (χ4v) is 2.37. The molecule has 1 aromatic carbocycles. The average molecular weight is 301 g/mol. The summed E-state index contributed by atoms with van der Waals surface area (Å²) >= 11 is 5.64. The van der Waals surface area contributed by atoms with Crippen molar-refractivity contribution in [3.8, 4) is 0 Å². The van der Waals surface area contributed by atoms with Gasteiger partial charge in [-0.05, 0) is 37.3 Å². The molecule has 2 rings (SSSR count). The van der Waals surface area contributed by atoms with Crippen LogP contribution in [0.3, 0.4) is 0 Å². The summed E-state index contributed by atoms with van der Waals surface area (Å²) in [6, 6.07) is 4.06. The molecule has 0 aliphatic carbocycles. The largest absolute Gasteiger partial charge is 0.381 e. The maximum Gasteiger partial charge on any atom is 0.319 e. The number of anilines is 1. The highest BCUT2D eigenvalue weighted by Crippen LogP contribution is 2.21. The van der Waals surface area contributed by atoms with E-state index in [9.17, 15) is 9.18 Å². The molecular weight excluding hydrogens is 283 g/mol. The summed E-state index contributed by atoms with van der Waals surface area (Å²) in [5.41, 5.74) is 0.0796. The summed E-state index contributed by atoms with van der Waals surface area (Å²) in [6.45, 7) is 2.13. The molecule has 1 fully saturated rings. The van der Waals surface area contributed by atoms with Gasteiger partial charge in [0.15, 0.2) is 5.82 Å². The molecule has 6 heteroatoms. The van der Waals surface area contributed by atoms with Crippen LogP contribution < -0.4 is 10.6 Å². The van der Waals surface area contributed by atoms with Crippen LogP contribution in [0, 0.1) is 11.7 Å². The van der Waals surface area contributed by atoms with E-state index in [0.717, 1.165) is 32.5 Å². The number of carbonyl (C=O) groups is 1. The van der Waals surface area contributed by atoms with Gasteiger partial charge in [0.05, 0.1) is 10.7 Å². The zero-order chi connectivity index (χ0) is 14.4. The fourth-order valence-electron chi connectivity index (χ4n) is 2.19. The molecule has 1 atom stereocenters. The van der Waals surface area contributed by atoms with Crippen molar-refractivity contribution in [3.63, 3.8) is 0 Å². The quantitative estimate of drug-likeness (QED) is 0.895. The van der Waals surface area contributed by atoms with E-state index in [2.05, 4.69) is 10.6 Å². The van der Waals surface area contributed by atoms with Gasteiger partial charge in [-0.3, -0.25) is 0 Å². The van der Waals surface area contributed by atoms with E-state index in [0.29, 0.717) is 12.5 Å². The van der Waals surface area contributed by atoms with Crippen LogP contribution in [-0.4, -0.2) is 25.8 Å². The van der Waals surface area contributed by atoms with Crippen molar-refractivity contribution >= 4 is 23.3 Å². The van der Waals surface area contributed by atoms with E-state index in [1.54, 1.807) is 6.07 Å². The van der Waals surface area contributed by atoms with Gasteiger partial charge < -0.3 is 15.4 Å². The average Bonchev–Trinajstić information content (AvgIpc) is 2.45. The van der Waals surface area contributed by atoms with Gasteiger partial charge in [-0.25, -0.2) is 9.18 Å². The number of urea groups is 1. The Kier molecular flexibility index (Phi) is 5.61. The van der Waals surface area contributed by atoms with Crippen molar-refractivity contribution < 1.29 is 13.9 Å². The van der Waals surface area contributed by atoms with Gasteiger partial charge in [-0.15, -0.1) is 0 Å². The lowest BCUT2D eigenvalue weighted by Crippen LogP contribution is -2.32. The van der Waals surface area contributed by atoms with Crippen LogP contribution in [0.5, 0.6) is 0 Å². The molecule has 0 aromatic heterocycles. The number of benzene rings is 1. The van der Waals surface area contributed by atoms with Crippen molar-refractivity contribution in [3.05, 3.63) is 29.0 Å². The molecule has 1 aliphatic rings. The van der Waals surface area contributed by atoms with E-state index in [-0.39, 0.29) is 10.7 Å². The number of rotatable bonds is 4. The monoisotopic (exact) mass is 300 g/mol. The second kappa shape index (κ2) is 7.45. The van der Waals surface area contributed by atoms with E-state index >= 15 is 0 Å². The van der Waals surface area contributed by atoms with Crippen molar-refractivity contribution in [2.24, 2.45) is 5.92 Å². The SMILES string of the molecule is O=C(NCC[C@H]1CCCOC1)Nc1cccc(Cl)c1F. The molecule has 2 amide bonds. The van der Waals surface area contributed by atoms with Gasteiger partial charge in [-0.1, -0.05) is 17.7 Å². The van der Waals surface area contributed by atoms with Gasteiger partial charge in [0, 0.05) is 19.8 Å². The molecule has 0 bridgehead atoms. The minimum absolute atomic E-state index is 0.0119. The Balaban J connectivity index is 1.73. The number of nitrogens with one attached hydrogen (secondary N) is 2. The number of carbonyl (C=O) groups excluding carboxylic acids is 1. The van der Waals surface area contributed by atoms with E-state index in [4.69, 9.17) is 16.3 Å². The van der Waals surface area contributed by atoms with E-state index < -0.39 is 11.8 Å². The Labute approximate surface area is 122 Å². The summed E-state index contributed by atoms with van der Waals surface area (Å²) in [4.78, 5) is 11.7. The first-order valence-electron chi connectivity index (χ1n) is 6.73. The number of hydrogen-bond acceptors (Lipinski definition) is 2. The minimum atomic E-state index is -0.620.